The molecule has 0 bridgehead atoms. The van der Waals surface area contributed by atoms with Crippen LogP contribution in [0.5, 0.6) is 5.75 Å². The highest BCUT2D eigenvalue weighted by atomic mass is 32.2. The van der Waals surface area contributed by atoms with Crippen LogP contribution in [-0.2, 0) is 16.6 Å². The first-order valence-electron chi connectivity index (χ1n) is 9.42. The minimum Gasteiger partial charge on any atom is -0.497 e. The molecule has 2 aromatic carbocycles. The summed E-state index contributed by atoms with van der Waals surface area (Å²) in [5, 5.41) is 5.52. The Balaban J connectivity index is 1.57. The van der Waals surface area contributed by atoms with Gasteiger partial charge in [-0.05, 0) is 48.4 Å². The van der Waals surface area contributed by atoms with Crippen LogP contribution in [0.25, 0.3) is 17.3 Å². The second-order valence-electron chi connectivity index (χ2n) is 6.51. The number of aromatic nitrogens is 2. The van der Waals surface area contributed by atoms with Crippen LogP contribution in [0.2, 0.25) is 0 Å². The van der Waals surface area contributed by atoms with Crippen molar-refractivity contribution in [1.82, 2.24) is 14.5 Å². The second kappa shape index (κ2) is 10.00. The van der Waals surface area contributed by atoms with Gasteiger partial charge < -0.3 is 4.74 Å². The average molecular weight is 426 g/mol. The number of aryl methyl sites for hydroxylation is 1. The normalized spacial score (nSPS) is 11.6. The van der Waals surface area contributed by atoms with Crippen molar-refractivity contribution < 1.29 is 13.2 Å². The highest BCUT2D eigenvalue weighted by Crippen LogP contribution is 2.19. The number of ether oxygens (including phenoxy) is 1. The van der Waals surface area contributed by atoms with Gasteiger partial charge in [0.1, 0.15) is 5.75 Å². The Kier molecular flexibility index (Phi) is 7.16. The van der Waals surface area contributed by atoms with Gasteiger partial charge in [-0.2, -0.15) is 5.10 Å². The maximum Gasteiger partial charge on any atom is 0.266 e. The number of hydrogen-bond acceptors (Lipinski definition) is 5. The predicted octanol–water partition coefficient (Wildman–Crippen LogP) is 2.90. The largest absolute Gasteiger partial charge is 0.497 e. The quantitative estimate of drug-likeness (QED) is 0.533. The molecular formula is C22H23N3O4S. The van der Waals surface area contributed by atoms with Crippen LogP contribution >= 0.6 is 0 Å². The lowest BCUT2D eigenvalue weighted by atomic mass is 10.1. The highest BCUT2D eigenvalue weighted by Gasteiger charge is 2.06. The Morgan fingerprint density at radius 3 is 2.47 bits per heavy atom. The molecule has 0 aliphatic heterocycles. The van der Waals surface area contributed by atoms with Crippen LogP contribution in [0.3, 0.4) is 0 Å². The van der Waals surface area contributed by atoms with Gasteiger partial charge in [-0.3, -0.25) is 4.79 Å². The lowest BCUT2D eigenvalue weighted by Crippen LogP contribution is -2.27. The summed E-state index contributed by atoms with van der Waals surface area (Å²) in [4.78, 5) is 12.1. The molecule has 8 heteroatoms. The first kappa shape index (κ1) is 21.5. The van der Waals surface area contributed by atoms with Crippen molar-refractivity contribution in [1.29, 1.82) is 0 Å². The number of methoxy groups -OCH3 is 1. The van der Waals surface area contributed by atoms with E-state index in [-0.39, 0.29) is 12.1 Å². The first-order chi connectivity index (χ1) is 14.5. The van der Waals surface area contributed by atoms with Gasteiger partial charge in [0.05, 0.1) is 12.8 Å². The number of sulfonamides is 1. The van der Waals surface area contributed by atoms with Crippen molar-refractivity contribution in [3.63, 3.8) is 0 Å². The summed E-state index contributed by atoms with van der Waals surface area (Å²) in [6.07, 6.45) is 1.96. The molecule has 0 saturated carbocycles. The van der Waals surface area contributed by atoms with E-state index in [0.717, 1.165) is 22.3 Å². The maximum absolute atomic E-state index is 12.1. The van der Waals surface area contributed by atoms with Gasteiger partial charge in [0.15, 0.2) is 0 Å². The average Bonchev–Trinajstić information content (AvgIpc) is 2.77. The Bertz CT molecular complexity index is 1150. The van der Waals surface area contributed by atoms with E-state index in [0.29, 0.717) is 18.7 Å². The van der Waals surface area contributed by atoms with Crippen LogP contribution in [0.4, 0.5) is 0 Å². The Morgan fingerprint density at radius 1 is 1.03 bits per heavy atom. The van der Waals surface area contributed by atoms with E-state index in [1.165, 1.54) is 16.8 Å². The number of nitrogens with one attached hydrogen (secondary N) is 1. The smallest absolute Gasteiger partial charge is 0.266 e. The summed E-state index contributed by atoms with van der Waals surface area (Å²) < 4.78 is 33.2. The molecule has 0 atom stereocenters. The standard InChI is InChI=1S/C22H23N3O4S/c1-29-20-10-8-19(9-11-20)21-12-13-22(26)25(24-21)16-5-15-23-30(27,28)17-14-18-6-3-2-4-7-18/h2-4,6-14,17,23H,5,15-16H2,1H3. The summed E-state index contributed by atoms with van der Waals surface area (Å²) in [5.41, 5.74) is 2.08. The zero-order valence-electron chi connectivity index (χ0n) is 16.6. The van der Waals surface area contributed by atoms with E-state index in [4.69, 9.17) is 4.74 Å². The second-order valence-corrected chi connectivity index (χ2v) is 8.17. The predicted molar refractivity (Wildman–Crippen MR) is 118 cm³/mol. The lowest BCUT2D eigenvalue weighted by molar-refractivity contribution is 0.415. The van der Waals surface area contributed by atoms with Crippen molar-refractivity contribution >= 4 is 16.1 Å². The van der Waals surface area contributed by atoms with Gasteiger partial charge >= 0.3 is 0 Å². The summed E-state index contributed by atoms with van der Waals surface area (Å²) in [5.74, 6) is 0.737. The minimum atomic E-state index is -3.55. The van der Waals surface area contributed by atoms with Gasteiger partial charge in [-0.15, -0.1) is 0 Å². The molecule has 1 N–H and O–H groups in total. The molecule has 0 radical (unpaired) electrons. The van der Waals surface area contributed by atoms with E-state index in [9.17, 15) is 13.2 Å². The monoisotopic (exact) mass is 425 g/mol. The van der Waals surface area contributed by atoms with Crippen molar-refractivity contribution in [3.05, 3.63) is 88.1 Å². The Hall–Kier alpha value is -3.23. The maximum atomic E-state index is 12.1. The molecule has 0 unspecified atom stereocenters. The Morgan fingerprint density at radius 2 is 1.77 bits per heavy atom. The fraction of sp³-hybridized carbons (Fsp3) is 0.182. The lowest BCUT2D eigenvalue weighted by Gasteiger charge is -2.08. The molecule has 0 saturated heterocycles. The fourth-order valence-corrected chi connectivity index (χ4v) is 3.61. The number of hydrogen-bond donors (Lipinski definition) is 1. The third kappa shape index (κ3) is 6.13. The third-order valence-electron chi connectivity index (χ3n) is 4.34. The molecular weight excluding hydrogens is 402 g/mol. The summed E-state index contributed by atoms with van der Waals surface area (Å²) in [6, 6.07) is 19.7. The van der Waals surface area contributed by atoms with Gasteiger partial charge in [-0.25, -0.2) is 17.8 Å². The van der Waals surface area contributed by atoms with E-state index >= 15 is 0 Å². The molecule has 156 valence electrons. The van der Waals surface area contributed by atoms with Crippen LogP contribution in [-0.4, -0.2) is 31.9 Å². The molecule has 0 aliphatic carbocycles. The molecule has 0 aliphatic rings. The van der Waals surface area contributed by atoms with E-state index < -0.39 is 10.0 Å². The zero-order chi connectivity index (χ0) is 21.4. The number of rotatable bonds is 9. The summed E-state index contributed by atoms with van der Waals surface area (Å²) in [7, 11) is -1.96. The van der Waals surface area contributed by atoms with Gasteiger partial charge in [0.2, 0.25) is 10.0 Å². The van der Waals surface area contributed by atoms with Gasteiger partial charge in [0.25, 0.3) is 5.56 Å². The molecule has 1 aromatic heterocycles. The van der Waals surface area contributed by atoms with E-state index in [2.05, 4.69) is 9.82 Å². The molecule has 3 rings (SSSR count). The molecule has 0 spiro atoms. The van der Waals surface area contributed by atoms with Gasteiger partial charge in [-0.1, -0.05) is 30.3 Å². The van der Waals surface area contributed by atoms with Crippen molar-refractivity contribution in [3.8, 4) is 17.0 Å². The minimum absolute atomic E-state index is 0.197. The van der Waals surface area contributed by atoms with E-state index in [1.54, 1.807) is 13.2 Å². The topological polar surface area (TPSA) is 90.3 Å². The van der Waals surface area contributed by atoms with Crippen LogP contribution in [0.15, 0.2) is 76.9 Å². The number of benzene rings is 2. The Labute approximate surface area is 175 Å². The van der Waals surface area contributed by atoms with Gasteiger partial charge in [0, 0.05) is 30.1 Å². The molecule has 0 fully saturated rings. The molecule has 0 amide bonds. The summed E-state index contributed by atoms with van der Waals surface area (Å²) in [6.45, 7) is 0.496. The fourth-order valence-electron chi connectivity index (χ4n) is 2.75. The zero-order valence-corrected chi connectivity index (χ0v) is 17.4. The highest BCUT2D eigenvalue weighted by molar-refractivity contribution is 7.92. The first-order valence-corrected chi connectivity index (χ1v) is 11.0. The van der Waals surface area contributed by atoms with Crippen LogP contribution in [0.1, 0.15) is 12.0 Å². The SMILES string of the molecule is COc1ccc(-c2ccc(=O)n(CCCNS(=O)(=O)C=Cc3ccccc3)n2)cc1. The summed E-state index contributed by atoms with van der Waals surface area (Å²) >= 11 is 0. The van der Waals surface area contributed by atoms with Crippen LogP contribution in [0, 0.1) is 0 Å². The molecule has 30 heavy (non-hydrogen) atoms. The third-order valence-corrected chi connectivity index (χ3v) is 5.44. The van der Waals surface area contributed by atoms with Crippen molar-refractivity contribution in [2.24, 2.45) is 0 Å². The van der Waals surface area contributed by atoms with Crippen molar-refractivity contribution in [2.75, 3.05) is 13.7 Å². The molecule has 7 nitrogen and oxygen atoms in total. The molecule has 1 heterocycles. The van der Waals surface area contributed by atoms with E-state index in [1.807, 2.05) is 54.6 Å². The van der Waals surface area contributed by atoms with Crippen LogP contribution < -0.4 is 15.0 Å². The van der Waals surface area contributed by atoms with Crippen molar-refractivity contribution in [2.45, 2.75) is 13.0 Å². The number of nitrogens with zero attached hydrogens (tertiary/aromatic N) is 2. The molecule has 3 aromatic rings.